The smallest absolute Gasteiger partial charge is 0.249 e. The molecule has 5 nitrogen and oxygen atoms in total. The van der Waals surface area contributed by atoms with Gasteiger partial charge in [0.1, 0.15) is 6.04 Å². The van der Waals surface area contributed by atoms with Crippen LogP contribution in [0.15, 0.2) is 30.3 Å². The summed E-state index contributed by atoms with van der Waals surface area (Å²) in [7, 11) is 0. The van der Waals surface area contributed by atoms with E-state index in [9.17, 15) is 9.59 Å². The van der Waals surface area contributed by atoms with Gasteiger partial charge in [0.2, 0.25) is 11.8 Å². The van der Waals surface area contributed by atoms with Crippen LogP contribution in [0.5, 0.6) is 0 Å². The molecule has 2 unspecified atom stereocenters. The molecule has 112 valence electrons. The molecule has 21 heavy (non-hydrogen) atoms. The number of hydrogen-bond donors (Lipinski definition) is 1. The third-order valence-corrected chi connectivity index (χ3v) is 4.05. The van der Waals surface area contributed by atoms with Gasteiger partial charge in [0.15, 0.2) is 0 Å². The van der Waals surface area contributed by atoms with E-state index in [1.807, 2.05) is 30.3 Å². The minimum Gasteiger partial charge on any atom is -0.376 e. The van der Waals surface area contributed by atoms with Crippen molar-refractivity contribution in [3.05, 3.63) is 35.9 Å². The van der Waals surface area contributed by atoms with Gasteiger partial charge in [-0.3, -0.25) is 9.59 Å². The predicted molar refractivity (Wildman–Crippen MR) is 77.5 cm³/mol. The van der Waals surface area contributed by atoms with Crippen molar-refractivity contribution in [1.29, 1.82) is 0 Å². The van der Waals surface area contributed by atoms with Crippen molar-refractivity contribution < 1.29 is 14.3 Å². The summed E-state index contributed by atoms with van der Waals surface area (Å²) < 4.78 is 5.61. The second-order valence-corrected chi connectivity index (χ2v) is 5.58. The van der Waals surface area contributed by atoms with Gasteiger partial charge in [-0.25, -0.2) is 0 Å². The number of hydrogen-bond acceptors (Lipinski definition) is 3. The average molecular weight is 288 g/mol. The first-order valence-electron chi connectivity index (χ1n) is 7.49. The van der Waals surface area contributed by atoms with Crippen molar-refractivity contribution in [2.24, 2.45) is 0 Å². The number of carbonyl (C=O) groups is 2. The first-order chi connectivity index (χ1) is 10.2. The summed E-state index contributed by atoms with van der Waals surface area (Å²) in [5.41, 5.74) is 0.829. The Balaban J connectivity index is 1.78. The molecule has 1 aromatic carbocycles. The van der Waals surface area contributed by atoms with E-state index in [1.54, 1.807) is 4.90 Å². The van der Waals surface area contributed by atoms with E-state index in [0.717, 1.165) is 25.0 Å². The monoisotopic (exact) mass is 288 g/mol. The van der Waals surface area contributed by atoms with Crippen LogP contribution >= 0.6 is 0 Å². The molecule has 2 atom stereocenters. The van der Waals surface area contributed by atoms with Crippen LogP contribution < -0.4 is 5.32 Å². The molecule has 0 radical (unpaired) electrons. The van der Waals surface area contributed by atoms with Gasteiger partial charge in [0, 0.05) is 26.1 Å². The Kier molecular flexibility index (Phi) is 4.20. The van der Waals surface area contributed by atoms with Gasteiger partial charge in [-0.05, 0) is 18.4 Å². The van der Waals surface area contributed by atoms with Crippen molar-refractivity contribution in [2.75, 3.05) is 19.7 Å². The number of amides is 2. The maximum Gasteiger partial charge on any atom is 0.249 e. The highest BCUT2D eigenvalue weighted by Gasteiger charge is 2.32. The normalized spacial score (nSPS) is 26.6. The van der Waals surface area contributed by atoms with Gasteiger partial charge >= 0.3 is 0 Å². The molecule has 0 aliphatic carbocycles. The molecular weight excluding hydrogens is 268 g/mol. The standard InChI is InChI=1S/C16H20N2O3/c19-14-8-9-18(11-13-7-4-10-21-13)16(20)15(17-14)12-5-2-1-3-6-12/h1-3,5-6,13,15H,4,7-11H2,(H,17,19). The number of nitrogens with zero attached hydrogens (tertiary/aromatic N) is 1. The van der Waals surface area contributed by atoms with Crippen LogP contribution in [0.25, 0.3) is 0 Å². The molecule has 2 aliphatic heterocycles. The Morgan fingerprint density at radius 1 is 1.24 bits per heavy atom. The number of ether oxygens (including phenoxy) is 1. The van der Waals surface area contributed by atoms with Crippen LogP contribution in [0.1, 0.15) is 30.9 Å². The summed E-state index contributed by atoms with van der Waals surface area (Å²) in [4.78, 5) is 26.4. The minimum absolute atomic E-state index is 0.0393. The summed E-state index contributed by atoms with van der Waals surface area (Å²) in [5.74, 6) is -0.116. The van der Waals surface area contributed by atoms with Crippen LogP contribution in [-0.4, -0.2) is 42.5 Å². The lowest BCUT2D eigenvalue weighted by Crippen LogP contribution is -2.41. The second-order valence-electron chi connectivity index (χ2n) is 5.58. The second kappa shape index (κ2) is 6.26. The summed E-state index contributed by atoms with van der Waals surface area (Å²) in [6, 6.07) is 8.82. The quantitative estimate of drug-likeness (QED) is 0.911. The van der Waals surface area contributed by atoms with Crippen LogP contribution in [-0.2, 0) is 14.3 Å². The molecule has 0 aromatic heterocycles. The fraction of sp³-hybridized carbons (Fsp3) is 0.500. The van der Waals surface area contributed by atoms with Crippen LogP contribution in [0, 0.1) is 0 Å². The van der Waals surface area contributed by atoms with E-state index in [4.69, 9.17) is 4.74 Å². The van der Waals surface area contributed by atoms with E-state index < -0.39 is 6.04 Å². The Morgan fingerprint density at radius 3 is 2.76 bits per heavy atom. The lowest BCUT2D eigenvalue weighted by molar-refractivity contribution is -0.135. The van der Waals surface area contributed by atoms with E-state index >= 15 is 0 Å². The molecule has 1 aromatic rings. The van der Waals surface area contributed by atoms with Crippen LogP contribution in [0.3, 0.4) is 0 Å². The summed E-state index contributed by atoms with van der Waals surface area (Å²) in [6.45, 7) is 1.82. The van der Waals surface area contributed by atoms with Gasteiger partial charge in [0.25, 0.3) is 0 Å². The maximum absolute atomic E-state index is 12.7. The molecule has 2 amide bonds. The summed E-state index contributed by atoms with van der Waals surface area (Å²) in [5, 5.41) is 2.83. The number of carbonyl (C=O) groups excluding carboxylic acids is 2. The highest BCUT2D eigenvalue weighted by Crippen LogP contribution is 2.21. The molecule has 2 heterocycles. The molecule has 0 spiro atoms. The zero-order valence-corrected chi connectivity index (χ0v) is 12.0. The third-order valence-electron chi connectivity index (χ3n) is 4.05. The van der Waals surface area contributed by atoms with Crippen LogP contribution in [0.4, 0.5) is 0 Å². The number of benzene rings is 1. The number of rotatable bonds is 3. The molecule has 2 fully saturated rings. The molecule has 0 bridgehead atoms. The van der Waals surface area contributed by atoms with E-state index in [-0.39, 0.29) is 17.9 Å². The van der Waals surface area contributed by atoms with Gasteiger partial charge < -0.3 is 15.0 Å². The van der Waals surface area contributed by atoms with Crippen molar-refractivity contribution in [1.82, 2.24) is 10.2 Å². The molecule has 1 N–H and O–H groups in total. The zero-order valence-electron chi connectivity index (χ0n) is 12.0. The van der Waals surface area contributed by atoms with Crippen molar-refractivity contribution >= 4 is 11.8 Å². The fourth-order valence-corrected chi connectivity index (χ4v) is 2.91. The highest BCUT2D eigenvalue weighted by atomic mass is 16.5. The SMILES string of the molecule is O=C1CCN(CC2CCCO2)C(=O)C(c2ccccc2)N1. The first kappa shape index (κ1) is 14.1. The fourth-order valence-electron chi connectivity index (χ4n) is 2.91. The van der Waals surface area contributed by atoms with E-state index in [1.165, 1.54) is 0 Å². The average Bonchev–Trinajstić information content (AvgIpc) is 2.97. The maximum atomic E-state index is 12.7. The summed E-state index contributed by atoms with van der Waals surface area (Å²) >= 11 is 0. The zero-order chi connectivity index (χ0) is 14.7. The van der Waals surface area contributed by atoms with Crippen molar-refractivity contribution in [3.8, 4) is 0 Å². The molecule has 3 rings (SSSR count). The van der Waals surface area contributed by atoms with Gasteiger partial charge in [0.05, 0.1) is 6.10 Å². The first-order valence-corrected chi connectivity index (χ1v) is 7.49. The molecular formula is C16H20N2O3. The number of nitrogens with one attached hydrogen (secondary N) is 1. The van der Waals surface area contributed by atoms with Gasteiger partial charge in [-0.15, -0.1) is 0 Å². The third kappa shape index (κ3) is 3.24. The predicted octanol–water partition coefficient (Wildman–Crippen LogP) is 1.26. The van der Waals surface area contributed by atoms with E-state index in [0.29, 0.717) is 19.5 Å². The van der Waals surface area contributed by atoms with Crippen LogP contribution in [0.2, 0.25) is 0 Å². The molecule has 2 saturated heterocycles. The Bertz CT molecular complexity index is 512. The van der Waals surface area contributed by atoms with Gasteiger partial charge in [-0.1, -0.05) is 30.3 Å². The topological polar surface area (TPSA) is 58.6 Å². The Hall–Kier alpha value is -1.88. The Labute approximate surface area is 124 Å². The Morgan fingerprint density at radius 2 is 2.05 bits per heavy atom. The summed E-state index contributed by atoms with van der Waals surface area (Å²) in [6.07, 6.45) is 2.49. The lowest BCUT2D eigenvalue weighted by Gasteiger charge is -2.26. The van der Waals surface area contributed by atoms with E-state index in [2.05, 4.69) is 5.32 Å². The molecule has 2 aliphatic rings. The largest absolute Gasteiger partial charge is 0.376 e. The molecule has 5 heteroatoms. The highest BCUT2D eigenvalue weighted by molar-refractivity contribution is 5.90. The lowest BCUT2D eigenvalue weighted by atomic mass is 10.1. The molecule has 0 saturated carbocycles. The minimum atomic E-state index is -0.581. The van der Waals surface area contributed by atoms with Gasteiger partial charge in [-0.2, -0.15) is 0 Å². The van der Waals surface area contributed by atoms with Crippen molar-refractivity contribution in [3.63, 3.8) is 0 Å². The van der Waals surface area contributed by atoms with Crippen molar-refractivity contribution in [2.45, 2.75) is 31.4 Å².